The van der Waals surface area contributed by atoms with Crippen molar-refractivity contribution in [2.24, 2.45) is 0 Å². The van der Waals surface area contributed by atoms with Crippen molar-refractivity contribution in [3.8, 4) is 0 Å². The number of carbonyl (C=O) groups is 3. The maximum absolute atomic E-state index is 15.3. The largest absolute Gasteiger partial charge is 0.388 e. The molecule has 3 N–H and O–H groups in total. The summed E-state index contributed by atoms with van der Waals surface area (Å²) in [5, 5.41) is 26.8. The van der Waals surface area contributed by atoms with Gasteiger partial charge in [-0.2, -0.15) is 0 Å². The maximum atomic E-state index is 15.3. The molecule has 15 nitrogen and oxygen atoms in total. The lowest BCUT2D eigenvalue weighted by atomic mass is 9.80. The predicted molar refractivity (Wildman–Crippen MR) is 325 cm³/mol. The number of halogens is 6. The van der Waals surface area contributed by atoms with Gasteiger partial charge >= 0.3 is 0 Å². The first kappa shape index (κ1) is 65.5. The molecule has 0 bridgehead atoms. The highest BCUT2D eigenvalue weighted by atomic mass is 19.2. The van der Waals surface area contributed by atoms with Gasteiger partial charge in [0, 0.05) is 84.7 Å². The monoisotopic (exact) mass is 1260 g/mol. The second-order valence-electron chi connectivity index (χ2n) is 22.3. The van der Waals surface area contributed by atoms with Gasteiger partial charge in [0.15, 0.2) is 23.2 Å². The van der Waals surface area contributed by atoms with Crippen LogP contribution in [0, 0.1) is 34.9 Å². The Kier molecular flexibility index (Phi) is 20.2. The first-order chi connectivity index (χ1) is 44.3. The van der Waals surface area contributed by atoms with Gasteiger partial charge in [0.25, 0.3) is 16.7 Å². The van der Waals surface area contributed by atoms with Crippen molar-refractivity contribution in [1.29, 1.82) is 0 Å². The number of hydrogen-bond acceptors (Lipinski definition) is 12. The van der Waals surface area contributed by atoms with Gasteiger partial charge in [-0.3, -0.25) is 28.8 Å². The fourth-order valence-corrected chi connectivity index (χ4v) is 11.8. The molecular weight excluding hydrogens is 1200 g/mol. The van der Waals surface area contributed by atoms with Crippen molar-refractivity contribution in [3.63, 3.8) is 0 Å². The molecule has 3 fully saturated rings. The van der Waals surface area contributed by atoms with E-state index < -0.39 is 94.0 Å². The van der Waals surface area contributed by atoms with Crippen LogP contribution in [0.3, 0.4) is 0 Å². The highest BCUT2D eigenvalue weighted by Crippen LogP contribution is 2.46. The number of hydrogen-bond donors (Lipinski definition) is 3. The summed E-state index contributed by atoms with van der Waals surface area (Å²) in [6.45, 7) is 0.238. The molecule has 0 spiro atoms. The second-order valence-corrected chi connectivity index (χ2v) is 22.3. The average Bonchev–Trinajstić information content (AvgIpc) is 1.21. The minimum atomic E-state index is -1.51. The molecule has 9 aromatic rings. The summed E-state index contributed by atoms with van der Waals surface area (Å²) in [7, 11) is 0. The molecule has 0 amide bonds. The highest BCUT2D eigenvalue weighted by molar-refractivity contribution is 5.97. The molecule has 0 radical (unpaired) electrons. The Morgan fingerprint density at radius 1 is 0.402 bits per heavy atom. The van der Waals surface area contributed by atoms with Crippen molar-refractivity contribution in [1.82, 2.24) is 13.7 Å². The quantitative estimate of drug-likeness (QED) is 0.0542. The van der Waals surface area contributed by atoms with E-state index in [0.29, 0.717) is 84.5 Å². The second kappa shape index (κ2) is 28.4. The Hall–Kier alpha value is -9.48. The zero-order chi connectivity index (χ0) is 65.3. The minimum absolute atomic E-state index is 0.119. The van der Waals surface area contributed by atoms with Gasteiger partial charge in [0.2, 0.25) is 0 Å². The lowest BCUT2D eigenvalue weighted by molar-refractivity contribution is -0.123. The number of carbonyl (C=O) groups excluding carboxylic acids is 3. The Balaban J connectivity index is 0.000000151. The molecule has 21 heteroatoms. The van der Waals surface area contributed by atoms with E-state index in [0.717, 1.165) is 28.7 Å². The van der Waals surface area contributed by atoms with Crippen LogP contribution in [0.5, 0.6) is 0 Å². The number of rotatable bonds is 18. The SMILES string of the molecule is O=C(CO)c1ccc(Cn2ccc(C3(c4c(F)cc(F)cc4F)CCCO3)cc2=O)cc1.O=C(CO)c1ccc(Cn2ccc(C3(c4ccc(F)cc4)CCCO3)c(F)c2=O)cc1.O=C(CO)c1ccc(Cn2ccc(C3(c4ccc(F)cc4)CCO3)cc2=O)cc1. The summed E-state index contributed by atoms with van der Waals surface area (Å²) < 4.78 is 106. The Bertz CT molecular complexity index is 4310. The number of pyridine rings is 3. The Morgan fingerprint density at radius 2 is 0.772 bits per heavy atom. The molecule has 6 aromatic carbocycles. The standard InChI is InChI=1S/C24H20F3NO4.C24H21F2NO4.C23H20FNO4/c25-18-11-19(26)23(20(27)12-18)24(7-1-9-32-24)17-6-8-28(22(31)10-17)13-15-2-4-16(5-3-15)21(30)14-29;25-19-8-6-18(7-9-19)24(11-1-13-31-24)20-10-12-27(23(30)22(20)26)14-16-2-4-17(5-3-16)21(29)15-28;24-20-7-5-18(6-8-20)23(10-12-29-23)19-9-11-25(22(28)13-19)14-16-1-3-17(4-2-16)21(27)15-26/h2-6,8,10-12,29H,1,7,9,13-14H2;2-10,12,28H,1,11,13-15H2;1-9,11,13,26H,10,12,14-15H2. The fraction of sp³-hybridized carbons (Fsp3) is 0.239. The van der Waals surface area contributed by atoms with Gasteiger partial charge in [-0.1, -0.05) is 97.1 Å². The topological polar surface area (TPSA) is 206 Å². The van der Waals surface area contributed by atoms with E-state index >= 15 is 4.39 Å². The van der Waals surface area contributed by atoms with Crippen LogP contribution in [0.4, 0.5) is 26.3 Å². The van der Waals surface area contributed by atoms with Gasteiger partial charge in [-0.25, -0.2) is 26.3 Å². The molecule has 3 aromatic heterocycles. The summed E-state index contributed by atoms with van der Waals surface area (Å²) in [6.07, 6.45) is 7.42. The predicted octanol–water partition coefficient (Wildman–Crippen LogP) is 9.82. The third kappa shape index (κ3) is 13.9. The summed E-state index contributed by atoms with van der Waals surface area (Å²) in [6, 6.07) is 40.6. The molecule has 3 unspecified atom stereocenters. The zero-order valence-corrected chi connectivity index (χ0v) is 49.3. The number of ether oxygens (including phenoxy) is 3. The van der Waals surface area contributed by atoms with E-state index in [1.807, 2.05) is 6.07 Å². The van der Waals surface area contributed by atoms with Crippen molar-refractivity contribution in [2.75, 3.05) is 39.6 Å². The Morgan fingerprint density at radius 3 is 1.14 bits per heavy atom. The average molecular weight is 1260 g/mol. The minimum Gasteiger partial charge on any atom is -0.388 e. The van der Waals surface area contributed by atoms with E-state index in [-0.39, 0.29) is 48.8 Å². The summed E-state index contributed by atoms with van der Waals surface area (Å²) in [4.78, 5) is 72.8. The van der Waals surface area contributed by atoms with Crippen LogP contribution in [0.2, 0.25) is 0 Å². The molecule has 474 valence electrons. The van der Waals surface area contributed by atoms with Gasteiger partial charge in [-0.05, 0) is 107 Å². The zero-order valence-electron chi connectivity index (χ0n) is 49.3. The molecule has 3 aliphatic rings. The highest BCUT2D eigenvalue weighted by Gasteiger charge is 2.45. The van der Waals surface area contributed by atoms with Crippen LogP contribution >= 0.6 is 0 Å². The van der Waals surface area contributed by atoms with E-state index in [9.17, 15) is 50.7 Å². The van der Waals surface area contributed by atoms with E-state index in [1.165, 1.54) is 57.9 Å². The molecule has 3 aliphatic heterocycles. The van der Waals surface area contributed by atoms with Gasteiger partial charge < -0.3 is 43.2 Å². The lowest BCUT2D eigenvalue weighted by Gasteiger charge is -2.42. The fourth-order valence-electron chi connectivity index (χ4n) is 11.8. The molecule has 12 rings (SSSR count). The van der Waals surface area contributed by atoms with Crippen molar-refractivity contribution in [2.45, 2.75) is 68.5 Å². The third-order valence-electron chi connectivity index (χ3n) is 16.7. The first-order valence-electron chi connectivity index (χ1n) is 29.4. The summed E-state index contributed by atoms with van der Waals surface area (Å²) in [5.41, 5.74) is 0.976. The van der Waals surface area contributed by atoms with E-state index in [2.05, 4.69) is 0 Å². The normalized spacial score (nSPS) is 18.2. The summed E-state index contributed by atoms with van der Waals surface area (Å²) >= 11 is 0. The smallest absolute Gasteiger partial charge is 0.287 e. The molecule has 92 heavy (non-hydrogen) atoms. The van der Waals surface area contributed by atoms with Crippen molar-refractivity contribution in [3.05, 3.63) is 315 Å². The number of aromatic nitrogens is 3. The molecule has 3 atom stereocenters. The number of Topliss-reactive ketones (excluding diaryl/α,β-unsaturated/α-hetero) is 3. The van der Waals surface area contributed by atoms with Crippen LogP contribution < -0.4 is 16.7 Å². The number of nitrogens with zero attached hydrogens (tertiary/aromatic N) is 3. The van der Waals surface area contributed by atoms with Crippen LogP contribution in [-0.2, 0) is 50.6 Å². The van der Waals surface area contributed by atoms with Crippen molar-refractivity contribution >= 4 is 17.3 Å². The molecule has 0 aliphatic carbocycles. The van der Waals surface area contributed by atoms with Gasteiger partial charge in [0.05, 0.1) is 31.8 Å². The maximum Gasteiger partial charge on any atom is 0.287 e. The first-order valence-corrected chi connectivity index (χ1v) is 29.4. The molecule has 6 heterocycles. The number of aliphatic hydroxyl groups is 3. The number of aliphatic hydroxyl groups excluding tert-OH is 3. The third-order valence-corrected chi connectivity index (χ3v) is 16.7. The van der Waals surface area contributed by atoms with Crippen LogP contribution in [-0.4, -0.2) is 86.0 Å². The Labute approximate surface area is 522 Å². The van der Waals surface area contributed by atoms with Crippen LogP contribution in [0.1, 0.15) is 113 Å². The number of benzene rings is 6. The van der Waals surface area contributed by atoms with Gasteiger partial charge in [-0.15, -0.1) is 0 Å². The van der Waals surface area contributed by atoms with E-state index in [1.54, 1.807) is 120 Å². The van der Waals surface area contributed by atoms with Crippen molar-refractivity contribution < 1.29 is 70.3 Å². The molecule has 0 saturated carbocycles. The van der Waals surface area contributed by atoms with Crippen LogP contribution in [0.25, 0.3) is 0 Å². The molecule has 3 saturated heterocycles. The lowest BCUT2D eigenvalue weighted by Crippen LogP contribution is -2.42. The summed E-state index contributed by atoms with van der Waals surface area (Å²) in [5.74, 6) is -5.92. The molecular formula is C71H61F6N3O12. The van der Waals surface area contributed by atoms with Gasteiger partial charge in [0.1, 0.15) is 65.7 Å². The van der Waals surface area contributed by atoms with E-state index in [4.69, 9.17) is 29.5 Å². The van der Waals surface area contributed by atoms with Crippen LogP contribution in [0.15, 0.2) is 197 Å². The number of ketones is 3.